The van der Waals surface area contributed by atoms with E-state index in [9.17, 15) is 19.5 Å². The molecule has 0 heterocycles. The summed E-state index contributed by atoms with van der Waals surface area (Å²) in [6, 6.07) is 14.5. The molecule has 2 rings (SSSR count). The summed E-state index contributed by atoms with van der Waals surface area (Å²) in [6.07, 6.45) is 3.62. The molecule has 1 unspecified atom stereocenters. The Bertz CT molecular complexity index is 915. The lowest BCUT2D eigenvalue weighted by Crippen LogP contribution is -2.44. The first kappa shape index (κ1) is 23.0. The third kappa shape index (κ3) is 6.66. The van der Waals surface area contributed by atoms with Crippen molar-refractivity contribution in [1.82, 2.24) is 10.6 Å². The third-order valence-electron chi connectivity index (χ3n) is 4.17. The van der Waals surface area contributed by atoms with Crippen molar-refractivity contribution in [1.29, 1.82) is 0 Å². The Hall–Kier alpha value is -3.26. The zero-order chi connectivity index (χ0) is 21.9. The third-order valence-corrected chi connectivity index (χ3v) is 4.81. The van der Waals surface area contributed by atoms with Crippen molar-refractivity contribution in [2.24, 2.45) is 0 Å². The molecule has 0 bridgehead atoms. The van der Waals surface area contributed by atoms with Crippen LogP contribution in [0.2, 0.25) is 0 Å². The van der Waals surface area contributed by atoms with Gasteiger partial charge in [-0.2, -0.15) is 11.8 Å². The molecule has 0 saturated heterocycles. The van der Waals surface area contributed by atoms with Gasteiger partial charge in [-0.25, -0.2) is 4.79 Å². The number of para-hydroxylation sites is 1. The Balaban J connectivity index is 2.31. The molecule has 0 aliphatic rings. The van der Waals surface area contributed by atoms with Crippen molar-refractivity contribution in [3.8, 4) is 5.75 Å². The molecule has 30 heavy (non-hydrogen) atoms. The monoisotopic (exact) mass is 428 g/mol. The van der Waals surface area contributed by atoms with Crippen LogP contribution >= 0.6 is 11.8 Å². The van der Waals surface area contributed by atoms with Crippen molar-refractivity contribution < 1.29 is 24.2 Å². The molecule has 7 nitrogen and oxygen atoms in total. The van der Waals surface area contributed by atoms with Gasteiger partial charge in [0.25, 0.3) is 11.8 Å². The number of carboxylic acid groups (broad SMARTS) is 1. The Morgan fingerprint density at radius 2 is 1.77 bits per heavy atom. The summed E-state index contributed by atoms with van der Waals surface area (Å²) in [5.41, 5.74) is 0.871. The summed E-state index contributed by atoms with van der Waals surface area (Å²) in [5, 5.41) is 14.5. The highest BCUT2D eigenvalue weighted by Crippen LogP contribution is 2.18. The van der Waals surface area contributed by atoms with E-state index in [1.807, 2.05) is 12.3 Å². The fourth-order valence-corrected chi connectivity index (χ4v) is 3.10. The fourth-order valence-electron chi connectivity index (χ4n) is 2.63. The SMILES string of the molecule is COc1ccccc1C(=O)N/C(=C\c1ccccc1)C(=O)NC(CCSC)C(=O)O. The number of carboxylic acids is 1. The number of ether oxygens (including phenoxy) is 1. The highest BCUT2D eigenvalue weighted by molar-refractivity contribution is 7.98. The highest BCUT2D eigenvalue weighted by Gasteiger charge is 2.23. The number of amides is 2. The lowest BCUT2D eigenvalue weighted by Gasteiger charge is -2.17. The minimum atomic E-state index is -1.13. The van der Waals surface area contributed by atoms with Gasteiger partial charge in [0.15, 0.2) is 0 Å². The summed E-state index contributed by atoms with van der Waals surface area (Å²) in [7, 11) is 1.45. The molecule has 2 aromatic carbocycles. The van der Waals surface area contributed by atoms with E-state index >= 15 is 0 Å². The number of hydrogen-bond acceptors (Lipinski definition) is 5. The van der Waals surface area contributed by atoms with Crippen molar-refractivity contribution in [2.45, 2.75) is 12.5 Å². The van der Waals surface area contributed by atoms with Gasteiger partial charge in [-0.1, -0.05) is 42.5 Å². The summed E-state index contributed by atoms with van der Waals surface area (Å²) in [5.74, 6) is -1.43. The van der Waals surface area contributed by atoms with E-state index in [0.717, 1.165) is 0 Å². The number of aliphatic carboxylic acids is 1. The second-order valence-electron chi connectivity index (χ2n) is 6.27. The van der Waals surface area contributed by atoms with E-state index in [4.69, 9.17) is 4.74 Å². The van der Waals surface area contributed by atoms with Crippen LogP contribution < -0.4 is 15.4 Å². The zero-order valence-corrected chi connectivity index (χ0v) is 17.6. The maximum absolute atomic E-state index is 12.9. The lowest BCUT2D eigenvalue weighted by molar-refractivity contribution is -0.141. The number of rotatable bonds is 10. The van der Waals surface area contributed by atoms with E-state index in [0.29, 0.717) is 17.1 Å². The van der Waals surface area contributed by atoms with Gasteiger partial charge in [0, 0.05) is 0 Å². The molecule has 0 spiro atoms. The van der Waals surface area contributed by atoms with Gasteiger partial charge in [0.2, 0.25) is 0 Å². The Morgan fingerprint density at radius 1 is 1.10 bits per heavy atom. The predicted octanol–water partition coefficient (Wildman–Crippen LogP) is 2.79. The number of carbonyl (C=O) groups excluding carboxylic acids is 2. The number of nitrogens with one attached hydrogen (secondary N) is 2. The summed E-state index contributed by atoms with van der Waals surface area (Å²) >= 11 is 1.48. The van der Waals surface area contributed by atoms with Gasteiger partial charge >= 0.3 is 5.97 Å². The molecule has 0 aliphatic carbocycles. The minimum absolute atomic E-state index is 0.0625. The first-order chi connectivity index (χ1) is 14.5. The molecule has 0 aliphatic heterocycles. The normalized spacial score (nSPS) is 12.0. The van der Waals surface area contributed by atoms with Crippen molar-refractivity contribution in [3.63, 3.8) is 0 Å². The first-order valence-electron chi connectivity index (χ1n) is 9.20. The van der Waals surface area contributed by atoms with Crippen LogP contribution in [0.3, 0.4) is 0 Å². The van der Waals surface area contributed by atoms with E-state index in [-0.39, 0.29) is 17.7 Å². The fraction of sp³-hybridized carbons (Fsp3) is 0.227. The first-order valence-corrected chi connectivity index (χ1v) is 10.6. The average Bonchev–Trinajstić information content (AvgIpc) is 2.76. The van der Waals surface area contributed by atoms with Gasteiger partial charge in [0.1, 0.15) is 17.5 Å². The van der Waals surface area contributed by atoms with Crippen molar-refractivity contribution in [3.05, 3.63) is 71.4 Å². The number of benzene rings is 2. The van der Waals surface area contributed by atoms with Crippen LogP contribution in [0.15, 0.2) is 60.3 Å². The molecule has 0 radical (unpaired) electrons. The molecule has 0 aromatic heterocycles. The summed E-state index contributed by atoms with van der Waals surface area (Å²) in [6.45, 7) is 0. The van der Waals surface area contributed by atoms with Gasteiger partial charge in [0.05, 0.1) is 12.7 Å². The summed E-state index contributed by atoms with van der Waals surface area (Å²) < 4.78 is 5.21. The molecular formula is C22H24N2O5S. The molecule has 2 amide bonds. The van der Waals surface area contributed by atoms with Gasteiger partial charge < -0.3 is 20.5 Å². The largest absolute Gasteiger partial charge is 0.496 e. The number of methoxy groups -OCH3 is 1. The Labute approximate surface area is 179 Å². The van der Waals surface area contributed by atoms with Gasteiger partial charge in [-0.05, 0) is 42.2 Å². The van der Waals surface area contributed by atoms with E-state index in [2.05, 4.69) is 10.6 Å². The van der Waals surface area contributed by atoms with Crippen LogP contribution in [0.5, 0.6) is 5.75 Å². The van der Waals surface area contributed by atoms with Gasteiger partial charge in [-0.15, -0.1) is 0 Å². The average molecular weight is 429 g/mol. The molecule has 3 N–H and O–H groups in total. The second kappa shape index (κ2) is 11.7. The number of thioether (sulfide) groups is 1. The number of carbonyl (C=O) groups is 3. The van der Waals surface area contributed by atoms with E-state index < -0.39 is 23.8 Å². The second-order valence-corrected chi connectivity index (χ2v) is 7.25. The topological polar surface area (TPSA) is 105 Å². The Morgan fingerprint density at radius 3 is 2.40 bits per heavy atom. The molecule has 0 fully saturated rings. The maximum Gasteiger partial charge on any atom is 0.326 e. The van der Waals surface area contributed by atoms with Crippen LogP contribution in [-0.2, 0) is 9.59 Å². The van der Waals surface area contributed by atoms with E-state index in [1.165, 1.54) is 24.9 Å². The zero-order valence-electron chi connectivity index (χ0n) is 16.8. The molecule has 8 heteroatoms. The minimum Gasteiger partial charge on any atom is -0.496 e. The smallest absolute Gasteiger partial charge is 0.326 e. The van der Waals surface area contributed by atoms with Gasteiger partial charge in [-0.3, -0.25) is 9.59 Å². The molecule has 0 saturated carbocycles. The summed E-state index contributed by atoms with van der Waals surface area (Å²) in [4.78, 5) is 37.1. The van der Waals surface area contributed by atoms with Crippen LogP contribution in [0.25, 0.3) is 6.08 Å². The highest BCUT2D eigenvalue weighted by atomic mass is 32.2. The van der Waals surface area contributed by atoms with Crippen LogP contribution in [0.1, 0.15) is 22.3 Å². The standard InChI is InChI=1S/C22H24N2O5S/c1-29-19-11-7-6-10-16(19)20(25)24-18(14-15-8-4-3-5-9-15)21(26)23-17(22(27)28)12-13-30-2/h3-11,14,17H,12-13H2,1-2H3,(H,23,26)(H,24,25)(H,27,28)/b18-14-. The lowest BCUT2D eigenvalue weighted by atomic mass is 10.1. The van der Waals surface area contributed by atoms with Crippen LogP contribution in [0, 0.1) is 0 Å². The van der Waals surface area contributed by atoms with Crippen LogP contribution in [-0.4, -0.2) is 48.1 Å². The quantitative estimate of drug-likeness (QED) is 0.503. The Kier molecular flexibility index (Phi) is 8.96. The van der Waals surface area contributed by atoms with Crippen LogP contribution in [0.4, 0.5) is 0 Å². The number of hydrogen-bond donors (Lipinski definition) is 3. The molecular weight excluding hydrogens is 404 g/mol. The van der Waals surface area contributed by atoms with E-state index in [1.54, 1.807) is 48.5 Å². The molecule has 1 atom stereocenters. The maximum atomic E-state index is 12.9. The predicted molar refractivity (Wildman–Crippen MR) is 117 cm³/mol. The van der Waals surface area contributed by atoms with Crippen molar-refractivity contribution in [2.75, 3.05) is 19.1 Å². The van der Waals surface area contributed by atoms with Crippen molar-refractivity contribution >= 4 is 35.6 Å². The molecule has 158 valence electrons. The molecule has 2 aromatic rings.